The number of fused-ring (bicyclic) bond motifs is 1. The van der Waals surface area contributed by atoms with Crippen LogP contribution in [0.15, 0.2) is 42.7 Å². The minimum atomic E-state index is -0.104. The summed E-state index contributed by atoms with van der Waals surface area (Å²) in [7, 11) is 0. The molecule has 0 fully saturated rings. The summed E-state index contributed by atoms with van der Waals surface area (Å²) in [4.78, 5) is 16.5. The predicted octanol–water partition coefficient (Wildman–Crippen LogP) is 4.48. The molecule has 5 heteroatoms. The lowest BCUT2D eigenvalue weighted by Crippen LogP contribution is -2.11. The third-order valence-electron chi connectivity index (χ3n) is 5.15. The maximum absolute atomic E-state index is 12.0. The van der Waals surface area contributed by atoms with E-state index in [0.29, 0.717) is 18.9 Å². The Balaban J connectivity index is 1.36. The smallest absolute Gasteiger partial charge is 0.306 e. The molecule has 0 aliphatic rings. The van der Waals surface area contributed by atoms with Crippen LogP contribution in [-0.2, 0) is 22.4 Å². The van der Waals surface area contributed by atoms with Gasteiger partial charge in [0.25, 0.3) is 0 Å². The van der Waals surface area contributed by atoms with Gasteiger partial charge in [-0.2, -0.15) is 5.10 Å². The summed E-state index contributed by atoms with van der Waals surface area (Å²) in [6.45, 7) is 6.58. The van der Waals surface area contributed by atoms with Gasteiger partial charge in [0.05, 0.1) is 12.3 Å². The molecule has 0 aliphatic heterocycles. The van der Waals surface area contributed by atoms with E-state index in [0.717, 1.165) is 48.2 Å². The first-order valence-electron chi connectivity index (χ1n) is 10.0. The Labute approximate surface area is 166 Å². The highest BCUT2D eigenvalue weighted by Gasteiger charge is 2.11. The van der Waals surface area contributed by atoms with E-state index in [-0.39, 0.29) is 5.97 Å². The van der Waals surface area contributed by atoms with Crippen LogP contribution in [0.4, 0.5) is 0 Å². The Morgan fingerprint density at radius 2 is 1.93 bits per heavy atom. The standard InChI is InChI=1S/C23H29N3O2/c1-17(11-12-20-8-5-4-6-9-20)14-22(27)28-13-7-10-21-15-24-23-18(2)19(3)25-26(23)16-21/h4-6,8-9,15-17H,7,10-14H2,1-3H3/t17-/m0/s1. The lowest BCUT2D eigenvalue weighted by molar-refractivity contribution is -0.144. The number of esters is 1. The number of ether oxygens (including phenoxy) is 1. The highest BCUT2D eigenvalue weighted by molar-refractivity contribution is 5.69. The summed E-state index contributed by atoms with van der Waals surface area (Å²) in [5.41, 5.74) is 5.43. The Morgan fingerprint density at radius 3 is 2.71 bits per heavy atom. The molecule has 2 aromatic heterocycles. The molecule has 148 valence electrons. The molecule has 5 nitrogen and oxygen atoms in total. The van der Waals surface area contributed by atoms with Gasteiger partial charge in [0.1, 0.15) is 0 Å². The average molecular weight is 380 g/mol. The number of hydrogen-bond donors (Lipinski definition) is 0. The van der Waals surface area contributed by atoms with Crippen molar-refractivity contribution >= 4 is 11.6 Å². The zero-order chi connectivity index (χ0) is 19.9. The van der Waals surface area contributed by atoms with Gasteiger partial charge < -0.3 is 4.74 Å². The third-order valence-corrected chi connectivity index (χ3v) is 5.15. The number of hydrogen-bond acceptors (Lipinski definition) is 4. The number of nitrogens with zero attached hydrogens (tertiary/aromatic N) is 3. The Bertz CT molecular complexity index is 918. The first kappa shape index (κ1) is 20.1. The monoisotopic (exact) mass is 379 g/mol. The number of rotatable bonds is 9. The molecule has 0 radical (unpaired) electrons. The van der Waals surface area contributed by atoms with Crippen molar-refractivity contribution in [1.29, 1.82) is 0 Å². The van der Waals surface area contributed by atoms with Gasteiger partial charge in [-0.3, -0.25) is 4.79 Å². The van der Waals surface area contributed by atoms with E-state index in [4.69, 9.17) is 4.74 Å². The molecule has 1 aromatic carbocycles. The van der Waals surface area contributed by atoms with Gasteiger partial charge in [-0.1, -0.05) is 37.3 Å². The van der Waals surface area contributed by atoms with Crippen molar-refractivity contribution in [3.8, 4) is 0 Å². The fraction of sp³-hybridized carbons (Fsp3) is 0.435. The van der Waals surface area contributed by atoms with Gasteiger partial charge in [0.2, 0.25) is 0 Å². The summed E-state index contributed by atoms with van der Waals surface area (Å²) in [6.07, 6.45) is 7.97. The SMILES string of the molecule is Cc1nn2cc(CCCOC(=O)C[C@@H](C)CCc3ccccc3)cnc2c1C. The van der Waals surface area contributed by atoms with Crippen LogP contribution in [0.5, 0.6) is 0 Å². The van der Waals surface area contributed by atoms with E-state index in [1.807, 2.05) is 36.8 Å². The van der Waals surface area contributed by atoms with E-state index in [9.17, 15) is 4.79 Å². The van der Waals surface area contributed by atoms with Crippen LogP contribution in [0.1, 0.15) is 48.6 Å². The highest BCUT2D eigenvalue weighted by Crippen LogP contribution is 2.15. The van der Waals surface area contributed by atoms with Crippen molar-refractivity contribution in [2.24, 2.45) is 5.92 Å². The van der Waals surface area contributed by atoms with Crippen molar-refractivity contribution in [1.82, 2.24) is 14.6 Å². The van der Waals surface area contributed by atoms with Gasteiger partial charge in [0, 0.05) is 24.4 Å². The molecule has 0 aliphatic carbocycles. The molecule has 0 saturated heterocycles. The van der Waals surface area contributed by atoms with Gasteiger partial charge in [-0.05, 0) is 56.6 Å². The van der Waals surface area contributed by atoms with Crippen LogP contribution in [-0.4, -0.2) is 27.2 Å². The number of carbonyl (C=O) groups is 1. The van der Waals surface area contributed by atoms with Gasteiger partial charge in [0.15, 0.2) is 5.65 Å². The number of carbonyl (C=O) groups excluding carboxylic acids is 1. The van der Waals surface area contributed by atoms with E-state index < -0.39 is 0 Å². The molecule has 0 bridgehead atoms. The molecule has 0 N–H and O–H groups in total. The minimum Gasteiger partial charge on any atom is -0.466 e. The molecule has 0 unspecified atom stereocenters. The maximum atomic E-state index is 12.0. The van der Waals surface area contributed by atoms with E-state index >= 15 is 0 Å². The van der Waals surface area contributed by atoms with Gasteiger partial charge in [-0.15, -0.1) is 0 Å². The van der Waals surface area contributed by atoms with Crippen molar-refractivity contribution in [3.63, 3.8) is 0 Å². The first-order chi connectivity index (χ1) is 13.5. The molecular weight excluding hydrogens is 350 g/mol. The van der Waals surface area contributed by atoms with Gasteiger partial charge >= 0.3 is 5.97 Å². The maximum Gasteiger partial charge on any atom is 0.306 e. The lowest BCUT2D eigenvalue weighted by Gasteiger charge is -2.11. The summed E-state index contributed by atoms with van der Waals surface area (Å²) in [5.74, 6) is 0.220. The average Bonchev–Trinajstić information content (AvgIpc) is 2.98. The number of aromatic nitrogens is 3. The first-order valence-corrected chi connectivity index (χ1v) is 10.0. The second-order valence-corrected chi connectivity index (χ2v) is 7.60. The second kappa shape index (κ2) is 9.49. The highest BCUT2D eigenvalue weighted by atomic mass is 16.5. The molecule has 2 heterocycles. The molecule has 3 rings (SSSR count). The van der Waals surface area contributed by atoms with E-state index in [2.05, 4.69) is 41.3 Å². The fourth-order valence-electron chi connectivity index (χ4n) is 3.29. The summed E-state index contributed by atoms with van der Waals surface area (Å²) in [6, 6.07) is 10.4. The Morgan fingerprint density at radius 1 is 1.14 bits per heavy atom. The topological polar surface area (TPSA) is 56.5 Å². The van der Waals surface area contributed by atoms with Crippen molar-refractivity contribution in [2.75, 3.05) is 6.61 Å². The van der Waals surface area contributed by atoms with Crippen LogP contribution < -0.4 is 0 Å². The fourth-order valence-corrected chi connectivity index (χ4v) is 3.29. The molecule has 1 atom stereocenters. The number of aryl methyl sites for hydroxylation is 4. The normalized spacial score (nSPS) is 12.2. The zero-order valence-electron chi connectivity index (χ0n) is 17.0. The van der Waals surface area contributed by atoms with E-state index in [1.165, 1.54) is 5.56 Å². The summed E-state index contributed by atoms with van der Waals surface area (Å²) >= 11 is 0. The Kier molecular flexibility index (Phi) is 6.80. The lowest BCUT2D eigenvalue weighted by atomic mass is 9.98. The number of benzene rings is 1. The van der Waals surface area contributed by atoms with Crippen LogP contribution in [0.25, 0.3) is 5.65 Å². The van der Waals surface area contributed by atoms with Crippen LogP contribution >= 0.6 is 0 Å². The molecule has 0 saturated carbocycles. The van der Waals surface area contributed by atoms with Crippen LogP contribution in [0.2, 0.25) is 0 Å². The molecule has 28 heavy (non-hydrogen) atoms. The quantitative estimate of drug-likeness (QED) is 0.406. The second-order valence-electron chi connectivity index (χ2n) is 7.60. The van der Waals surface area contributed by atoms with Crippen molar-refractivity contribution in [2.45, 2.75) is 52.9 Å². The molecule has 0 amide bonds. The largest absolute Gasteiger partial charge is 0.466 e. The minimum absolute atomic E-state index is 0.104. The summed E-state index contributed by atoms with van der Waals surface area (Å²) < 4.78 is 7.25. The van der Waals surface area contributed by atoms with Crippen molar-refractivity contribution in [3.05, 3.63) is 65.1 Å². The van der Waals surface area contributed by atoms with Gasteiger partial charge in [-0.25, -0.2) is 9.50 Å². The molecular formula is C23H29N3O2. The summed E-state index contributed by atoms with van der Waals surface area (Å²) in [5, 5.41) is 4.47. The Hall–Kier alpha value is -2.69. The van der Waals surface area contributed by atoms with Crippen LogP contribution in [0.3, 0.4) is 0 Å². The van der Waals surface area contributed by atoms with E-state index in [1.54, 1.807) is 0 Å². The van der Waals surface area contributed by atoms with Crippen LogP contribution in [0, 0.1) is 19.8 Å². The molecule has 3 aromatic rings. The predicted molar refractivity (Wildman–Crippen MR) is 110 cm³/mol. The van der Waals surface area contributed by atoms with Crippen molar-refractivity contribution < 1.29 is 9.53 Å². The third kappa shape index (κ3) is 5.41. The zero-order valence-corrected chi connectivity index (χ0v) is 17.0. The molecule has 0 spiro atoms.